The zero-order valence-corrected chi connectivity index (χ0v) is 7.96. The second-order valence-electron chi connectivity index (χ2n) is 3.08. The summed E-state index contributed by atoms with van der Waals surface area (Å²) in [6.45, 7) is 6.42. The molecule has 1 rings (SSSR count). The minimum Gasteiger partial charge on any atom is -0.264 e. The lowest BCUT2D eigenvalue weighted by molar-refractivity contribution is 1.11. The lowest BCUT2D eigenvalue weighted by atomic mass is 10.1. The van der Waals surface area contributed by atoms with E-state index in [2.05, 4.69) is 31.8 Å². The first-order valence-electron chi connectivity index (χ1n) is 4.32. The predicted molar refractivity (Wildman–Crippen MR) is 52.9 cm³/mol. The van der Waals surface area contributed by atoms with Gasteiger partial charge in [-0.15, -0.1) is 0 Å². The average molecular weight is 161 g/mol. The molecule has 1 heterocycles. The molecule has 1 heteroatoms. The topological polar surface area (TPSA) is 12.9 Å². The normalized spacial score (nSPS) is 11.8. The predicted octanol–water partition coefficient (Wildman–Crippen LogP) is 3.20. The van der Waals surface area contributed by atoms with E-state index in [1.54, 1.807) is 0 Å². The summed E-state index contributed by atoms with van der Waals surface area (Å²) in [5.74, 6) is 0. The third-order valence-electron chi connectivity index (χ3n) is 2.04. The summed E-state index contributed by atoms with van der Waals surface area (Å²) in [5, 5.41) is 0. The number of nitrogens with zero attached hydrogens (tertiary/aromatic N) is 1. The van der Waals surface area contributed by atoms with Crippen LogP contribution in [0.5, 0.6) is 0 Å². The molecule has 0 fully saturated rings. The lowest BCUT2D eigenvalue weighted by Gasteiger charge is -1.99. The van der Waals surface area contributed by atoms with E-state index in [9.17, 15) is 0 Å². The van der Waals surface area contributed by atoms with E-state index in [4.69, 9.17) is 0 Å². The standard InChI is InChI=1S/C11H15N/c1-4-9(2)7-11-8-12-6-5-10(11)3/h5-8H,4H2,1-3H3/b9-7+. The summed E-state index contributed by atoms with van der Waals surface area (Å²) in [6.07, 6.45) is 7.04. The summed E-state index contributed by atoms with van der Waals surface area (Å²) >= 11 is 0. The Morgan fingerprint density at radius 3 is 2.92 bits per heavy atom. The molecule has 0 atom stereocenters. The van der Waals surface area contributed by atoms with Crippen molar-refractivity contribution in [2.45, 2.75) is 27.2 Å². The first-order chi connectivity index (χ1) is 5.74. The number of allylic oxidation sites excluding steroid dienone is 1. The van der Waals surface area contributed by atoms with Gasteiger partial charge in [0.15, 0.2) is 0 Å². The fourth-order valence-corrected chi connectivity index (χ4v) is 0.995. The molecule has 64 valence electrons. The van der Waals surface area contributed by atoms with Crippen molar-refractivity contribution in [1.29, 1.82) is 0 Å². The highest BCUT2D eigenvalue weighted by molar-refractivity contribution is 5.54. The molecule has 0 saturated heterocycles. The van der Waals surface area contributed by atoms with Crippen molar-refractivity contribution >= 4 is 6.08 Å². The smallest absolute Gasteiger partial charge is 0.0342 e. The minimum atomic E-state index is 1.11. The van der Waals surface area contributed by atoms with Crippen molar-refractivity contribution in [2.75, 3.05) is 0 Å². The van der Waals surface area contributed by atoms with Gasteiger partial charge in [-0.25, -0.2) is 0 Å². The number of rotatable bonds is 2. The SMILES string of the molecule is CC/C(C)=C/c1cnccc1C. The maximum absolute atomic E-state index is 4.09. The molecule has 1 nitrogen and oxygen atoms in total. The highest BCUT2D eigenvalue weighted by Gasteiger charge is 1.93. The van der Waals surface area contributed by atoms with Gasteiger partial charge in [0.25, 0.3) is 0 Å². The van der Waals surface area contributed by atoms with Crippen LogP contribution in [0.1, 0.15) is 31.4 Å². The van der Waals surface area contributed by atoms with Crippen molar-refractivity contribution in [3.8, 4) is 0 Å². The molecule has 0 N–H and O–H groups in total. The van der Waals surface area contributed by atoms with Crippen LogP contribution < -0.4 is 0 Å². The maximum atomic E-state index is 4.09. The van der Waals surface area contributed by atoms with E-state index in [-0.39, 0.29) is 0 Å². The van der Waals surface area contributed by atoms with Crippen LogP contribution in [-0.2, 0) is 0 Å². The van der Waals surface area contributed by atoms with Crippen LogP contribution in [-0.4, -0.2) is 4.98 Å². The molecule has 1 aromatic heterocycles. The highest BCUT2D eigenvalue weighted by Crippen LogP contribution is 2.11. The Morgan fingerprint density at radius 2 is 2.33 bits per heavy atom. The summed E-state index contributed by atoms with van der Waals surface area (Å²) in [5.41, 5.74) is 3.92. The van der Waals surface area contributed by atoms with E-state index >= 15 is 0 Å². The van der Waals surface area contributed by atoms with Crippen LogP contribution in [0.4, 0.5) is 0 Å². The molecule has 12 heavy (non-hydrogen) atoms. The summed E-state index contributed by atoms with van der Waals surface area (Å²) in [6, 6.07) is 2.04. The van der Waals surface area contributed by atoms with E-state index in [0.29, 0.717) is 0 Å². The number of hydrogen-bond acceptors (Lipinski definition) is 1. The molecule has 0 unspecified atom stereocenters. The molecule has 0 saturated carbocycles. The van der Waals surface area contributed by atoms with Gasteiger partial charge in [0.05, 0.1) is 0 Å². The second kappa shape index (κ2) is 4.05. The first kappa shape index (κ1) is 8.98. The Kier molecular flexibility index (Phi) is 3.03. The monoisotopic (exact) mass is 161 g/mol. The Labute approximate surface area is 74.2 Å². The molecule has 1 aromatic rings. The van der Waals surface area contributed by atoms with Gasteiger partial charge in [0, 0.05) is 12.4 Å². The Morgan fingerprint density at radius 1 is 1.58 bits per heavy atom. The third kappa shape index (κ3) is 2.19. The zero-order valence-electron chi connectivity index (χ0n) is 7.96. The van der Waals surface area contributed by atoms with Crippen LogP contribution in [0, 0.1) is 6.92 Å². The fourth-order valence-electron chi connectivity index (χ4n) is 0.995. The fraction of sp³-hybridized carbons (Fsp3) is 0.364. The van der Waals surface area contributed by atoms with Crippen LogP contribution in [0.25, 0.3) is 6.08 Å². The van der Waals surface area contributed by atoms with Gasteiger partial charge >= 0.3 is 0 Å². The van der Waals surface area contributed by atoms with Crippen molar-refractivity contribution in [3.05, 3.63) is 35.2 Å². The van der Waals surface area contributed by atoms with E-state index in [1.807, 2.05) is 18.5 Å². The summed E-state index contributed by atoms with van der Waals surface area (Å²) < 4.78 is 0. The summed E-state index contributed by atoms with van der Waals surface area (Å²) in [7, 11) is 0. The third-order valence-corrected chi connectivity index (χ3v) is 2.04. The molecule has 0 aromatic carbocycles. The number of aromatic nitrogens is 1. The van der Waals surface area contributed by atoms with E-state index in [0.717, 1.165) is 6.42 Å². The number of aryl methyl sites for hydroxylation is 1. The van der Waals surface area contributed by atoms with Gasteiger partial charge < -0.3 is 0 Å². The second-order valence-corrected chi connectivity index (χ2v) is 3.08. The van der Waals surface area contributed by atoms with Gasteiger partial charge in [-0.3, -0.25) is 4.98 Å². The van der Waals surface area contributed by atoms with E-state index in [1.165, 1.54) is 16.7 Å². The Hall–Kier alpha value is -1.11. The van der Waals surface area contributed by atoms with Gasteiger partial charge in [-0.05, 0) is 37.5 Å². The maximum Gasteiger partial charge on any atom is 0.0342 e. The van der Waals surface area contributed by atoms with Crippen LogP contribution in [0.2, 0.25) is 0 Å². The quantitative estimate of drug-likeness (QED) is 0.649. The van der Waals surface area contributed by atoms with Crippen molar-refractivity contribution in [1.82, 2.24) is 4.98 Å². The molecule has 0 aliphatic carbocycles. The highest BCUT2D eigenvalue weighted by atomic mass is 14.6. The molecular weight excluding hydrogens is 146 g/mol. The average Bonchev–Trinajstić information content (AvgIpc) is 2.09. The van der Waals surface area contributed by atoms with Crippen molar-refractivity contribution in [3.63, 3.8) is 0 Å². The van der Waals surface area contributed by atoms with Crippen LogP contribution in [0.3, 0.4) is 0 Å². The molecule has 0 amide bonds. The Balaban J connectivity index is 2.96. The zero-order chi connectivity index (χ0) is 8.97. The lowest BCUT2D eigenvalue weighted by Crippen LogP contribution is -1.83. The summed E-state index contributed by atoms with van der Waals surface area (Å²) in [4.78, 5) is 4.09. The number of hydrogen-bond donors (Lipinski definition) is 0. The Bertz CT molecular complexity index is 287. The van der Waals surface area contributed by atoms with Crippen LogP contribution >= 0.6 is 0 Å². The van der Waals surface area contributed by atoms with E-state index < -0.39 is 0 Å². The first-order valence-corrected chi connectivity index (χ1v) is 4.32. The van der Waals surface area contributed by atoms with Gasteiger partial charge in [-0.1, -0.05) is 18.6 Å². The van der Waals surface area contributed by atoms with Crippen LogP contribution in [0.15, 0.2) is 24.0 Å². The van der Waals surface area contributed by atoms with Gasteiger partial charge in [-0.2, -0.15) is 0 Å². The molecule has 0 spiro atoms. The van der Waals surface area contributed by atoms with Gasteiger partial charge in [0.2, 0.25) is 0 Å². The largest absolute Gasteiger partial charge is 0.264 e. The molecule has 0 bridgehead atoms. The minimum absolute atomic E-state index is 1.11. The van der Waals surface area contributed by atoms with Crippen molar-refractivity contribution in [2.24, 2.45) is 0 Å². The van der Waals surface area contributed by atoms with Crippen molar-refractivity contribution < 1.29 is 0 Å². The molecule has 0 aliphatic rings. The molecular formula is C11H15N. The molecule has 0 radical (unpaired) electrons. The molecule has 0 aliphatic heterocycles. The van der Waals surface area contributed by atoms with Gasteiger partial charge in [0.1, 0.15) is 0 Å². The number of pyridine rings is 1.